The van der Waals surface area contributed by atoms with Crippen molar-refractivity contribution in [1.29, 1.82) is 0 Å². The number of hydrogen-bond donors (Lipinski definition) is 1. The first-order chi connectivity index (χ1) is 9.62. The lowest BCUT2D eigenvalue weighted by Gasteiger charge is -2.11. The molecule has 1 saturated carbocycles. The van der Waals surface area contributed by atoms with Crippen LogP contribution in [0.15, 0.2) is 15.5 Å². The van der Waals surface area contributed by atoms with E-state index in [4.69, 9.17) is 0 Å². The number of aromatic nitrogens is 2. The minimum Gasteiger partial charge on any atom is -0.468 e. The van der Waals surface area contributed by atoms with Crippen molar-refractivity contribution >= 4 is 27.6 Å². The van der Waals surface area contributed by atoms with Crippen molar-refractivity contribution in [2.24, 2.45) is 10.8 Å². The van der Waals surface area contributed by atoms with Crippen molar-refractivity contribution in [3.63, 3.8) is 0 Å². The number of nitrogens with zero attached hydrogens (tertiary/aromatic N) is 2. The van der Waals surface area contributed by atoms with E-state index in [1.165, 1.54) is 7.11 Å². The molecule has 0 aliphatic heterocycles. The highest BCUT2D eigenvalue weighted by Gasteiger charge is 2.65. The highest BCUT2D eigenvalue weighted by molar-refractivity contribution is 9.10. The molecular weight excluding hydrogens is 338 g/mol. The molecule has 1 aromatic heterocycles. The summed E-state index contributed by atoms with van der Waals surface area (Å²) in [7, 11) is 1.27. The summed E-state index contributed by atoms with van der Waals surface area (Å²) in [5, 5.41) is 7.38. The maximum absolute atomic E-state index is 12.2. The van der Waals surface area contributed by atoms with E-state index in [9.17, 15) is 9.59 Å². The summed E-state index contributed by atoms with van der Waals surface area (Å²) < 4.78 is 5.99. The molecule has 1 fully saturated rings. The number of carbonyl (C=O) groups excluding carboxylic acids is 1. The van der Waals surface area contributed by atoms with Gasteiger partial charge in [0, 0.05) is 6.04 Å². The highest BCUT2D eigenvalue weighted by Crippen LogP contribution is 2.63. The Kier molecular flexibility index (Phi) is 3.90. The Morgan fingerprint density at radius 2 is 2.00 bits per heavy atom. The number of esters is 1. The average Bonchev–Trinajstić information content (AvgIpc) is 2.80. The van der Waals surface area contributed by atoms with Crippen LogP contribution in [-0.4, -0.2) is 28.9 Å². The molecule has 0 aromatic carbocycles. The standard InChI is InChI=1S/C14H20BrN3O3/c1-13(2)12(14(13,3)4)17-8-6-16-18(7-9(19)21-5)11(20)10(8)15/h6,12,17H,7H2,1-5H3. The van der Waals surface area contributed by atoms with Crippen molar-refractivity contribution in [2.45, 2.75) is 40.3 Å². The molecule has 1 N–H and O–H groups in total. The van der Waals surface area contributed by atoms with Gasteiger partial charge >= 0.3 is 5.97 Å². The van der Waals surface area contributed by atoms with E-state index in [-0.39, 0.29) is 29.0 Å². The lowest BCUT2D eigenvalue weighted by Crippen LogP contribution is -2.28. The molecule has 2 rings (SSSR count). The van der Waals surface area contributed by atoms with E-state index in [0.717, 1.165) is 4.68 Å². The molecule has 0 saturated heterocycles. The number of ether oxygens (including phenoxy) is 1. The van der Waals surface area contributed by atoms with Gasteiger partial charge in [0.05, 0.1) is 19.0 Å². The second kappa shape index (κ2) is 5.12. The van der Waals surface area contributed by atoms with Gasteiger partial charge in [-0.15, -0.1) is 0 Å². The number of rotatable bonds is 4. The van der Waals surface area contributed by atoms with E-state index < -0.39 is 5.97 Å². The van der Waals surface area contributed by atoms with E-state index in [1.807, 2.05) is 0 Å². The monoisotopic (exact) mass is 357 g/mol. The van der Waals surface area contributed by atoms with Gasteiger partial charge in [-0.1, -0.05) is 27.7 Å². The molecule has 6 nitrogen and oxygen atoms in total. The summed E-state index contributed by atoms with van der Waals surface area (Å²) in [6.45, 7) is 8.54. The van der Waals surface area contributed by atoms with Crippen LogP contribution in [0.2, 0.25) is 0 Å². The summed E-state index contributed by atoms with van der Waals surface area (Å²) in [6.07, 6.45) is 1.55. The predicted octanol–water partition coefficient (Wildman–Crippen LogP) is 2.03. The van der Waals surface area contributed by atoms with Crippen molar-refractivity contribution in [2.75, 3.05) is 12.4 Å². The quantitative estimate of drug-likeness (QED) is 0.834. The number of nitrogens with one attached hydrogen (secondary N) is 1. The van der Waals surface area contributed by atoms with Gasteiger partial charge in [0.15, 0.2) is 0 Å². The van der Waals surface area contributed by atoms with Crippen LogP contribution >= 0.6 is 15.9 Å². The first kappa shape index (κ1) is 16.0. The summed E-state index contributed by atoms with van der Waals surface area (Å²) in [5.41, 5.74) is 0.576. The number of carbonyl (C=O) groups is 1. The minimum absolute atomic E-state index is 0.146. The van der Waals surface area contributed by atoms with Gasteiger partial charge in [0.2, 0.25) is 0 Å². The van der Waals surface area contributed by atoms with Crippen LogP contribution in [0.5, 0.6) is 0 Å². The third-order valence-electron chi connectivity index (χ3n) is 4.81. The van der Waals surface area contributed by atoms with Crippen LogP contribution < -0.4 is 10.9 Å². The van der Waals surface area contributed by atoms with Crippen molar-refractivity contribution in [3.8, 4) is 0 Å². The van der Waals surface area contributed by atoms with Crippen molar-refractivity contribution in [3.05, 3.63) is 21.0 Å². The third kappa shape index (κ3) is 2.59. The van der Waals surface area contributed by atoms with Gasteiger partial charge < -0.3 is 10.1 Å². The fourth-order valence-corrected chi connectivity index (χ4v) is 3.00. The zero-order chi connectivity index (χ0) is 16.0. The van der Waals surface area contributed by atoms with Gasteiger partial charge in [0.25, 0.3) is 5.56 Å². The number of methoxy groups -OCH3 is 1. The van der Waals surface area contributed by atoms with Gasteiger partial charge in [0.1, 0.15) is 11.0 Å². The maximum atomic E-state index is 12.2. The molecule has 1 aromatic rings. The van der Waals surface area contributed by atoms with E-state index >= 15 is 0 Å². The van der Waals surface area contributed by atoms with Gasteiger partial charge in [-0.05, 0) is 26.8 Å². The molecule has 0 spiro atoms. The summed E-state index contributed by atoms with van der Waals surface area (Å²) >= 11 is 3.29. The molecule has 1 aliphatic rings. The minimum atomic E-state index is -0.512. The smallest absolute Gasteiger partial charge is 0.327 e. The fraction of sp³-hybridized carbons (Fsp3) is 0.643. The maximum Gasteiger partial charge on any atom is 0.327 e. The SMILES string of the molecule is COC(=O)Cn1ncc(NC2C(C)(C)C2(C)C)c(Br)c1=O. The Hall–Kier alpha value is -1.37. The molecule has 0 amide bonds. The van der Waals surface area contributed by atoms with Crippen LogP contribution in [0.3, 0.4) is 0 Å². The Morgan fingerprint density at radius 3 is 2.48 bits per heavy atom. The van der Waals surface area contributed by atoms with Crippen LogP contribution in [0.4, 0.5) is 5.69 Å². The van der Waals surface area contributed by atoms with Crippen LogP contribution in [0, 0.1) is 10.8 Å². The van der Waals surface area contributed by atoms with Gasteiger partial charge in [-0.25, -0.2) is 4.68 Å². The Balaban J connectivity index is 2.23. The molecule has 116 valence electrons. The molecule has 1 aliphatic carbocycles. The van der Waals surface area contributed by atoms with Crippen LogP contribution in [0.25, 0.3) is 0 Å². The lowest BCUT2D eigenvalue weighted by atomic mass is 10.0. The largest absolute Gasteiger partial charge is 0.468 e. The molecule has 21 heavy (non-hydrogen) atoms. The van der Waals surface area contributed by atoms with Gasteiger partial charge in [-0.3, -0.25) is 9.59 Å². The first-order valence-corrected chi connectivity index (χ1v) is 7.51. The topological polar surface area (TPSA) is 73.2 Å². The average molecular weight is 358 g/mol. The first-order valence-electron chi connectivity index (χ1n) is 6.72. The molecule has 0 atom stereocenters. The highest BCUT2D eigenvalue weighted by atomic mass is 79.9. The normalized spacial score (nSPS) is 19.1. The fourth-order valence-electron chi connectivity index (χ4n) is 2.58. The summed E-state index contributed by atoms with van der Waals surface area (Å²) in [6, 6.07) is 0.263. The predicted molar refractivity (Wildman–Crippen MR) is 83.2 cm³/mol. The summed E-state index contributed by atoms with van der Waals surface area (Å²) in [4.78, 5) is 23.4. The molecule has 0 bridgehead atoms. The zero-order valence-electron chi connectivity index (χ0n) is 12.9. The van der Waals surface area contributed by atoms with Crippen LogP contribution in [-0.2, 0) is 16.1 Å². The Morgan fingerprint density at radius 1 is 1.43 bits per heavy atom. The van der Waals surface area contributed by atoms with Crippen molar-refractivity contribution in [1.82, 2.24) is 9.78 Å². The number of hydrogen-bond acceptors (Lipinski definition) is 5. The second-order valence-electron chi connectivity index (χ2n) is 6.43. The molecular formula is C14H20BrN3O3. The second-order valence-corrected chi connectivity index (χ2v) is 7.22. The van der Waals surface area contributed by atoms with Crippen molar-refractivity contribution < 1.29 is 9.53 Å². The third-order valence-corrected chi connectivity index (χ3v) is 5.58. The molecule has 7 heteroatoms. The number of anilines is 1. The Bertz CT molecular complexity index is 623. The number of halogens is 1. The van der Waals surface area contributed by atoms with E-state index in [2.05, 4.69) is 58.8 Å². The lowest BCUT2D eigenvalue weighted by molar-refractivity contribution is -0.141. The Labute approximate surface area is 132 Å². The zero-order valence-corrected chi connectivity index (χ0v) is 14.4. The summed E-state index contributed by atoms with van der Waals surface area (Å²) in [5.74, 6) is -0.512. The van der Waals surface area contributed by atoms with Crippen LogP contribution in [0.1, 0.15) is 27.7 Å². The van der Waals surface area contributed by atoms with E-state index in [1.54, 1.807) is 6.20 Å². The van der Waals surface area contributed by atoms with E-state index in [0.29, 0.717) is 10.2 Å². The molecule has 0 radical (unpaired) electrons. The molecule has 1 heterocycles. The molecule has 0 unspecified atom stereocenters. The van der Waals surface area contributed by atoms with Gasteiger partial charge in [-0.2, -0.15) is 5.10 Å².